The smallest absolute Gasteiger partial charge is 0.364 e. The molecule has 0 bridgehead atoms. The fourth-order valence-corrected chi connectivity index (χ4v) is 3.04. The Morgan fingerprint density at radius 2 is 1.86 bits per heavy atom. The minimum atomic E-state index is -2.83. The number of aliphatic carboxylic acids is 1. The molecule has 0 radical (unpaired) electrons. The van der Waals surface area contributed by atoms with Crippen molar-refractivity contribution in [3.05, 3.63) is 35.9 Å². The quantitative estimate of drug-likeness (QED) is 0.256. The lowest BCUT2D eigenvalue weighted by molar-refractivity contribution is -0.294. The minimum absolute atomic E-state index is 0.315. The number of hydrogen-bond acceptors (Lipinski definition) is 8. The van der Waals surface area contributed by atoms with E-state index in [9.17, 15) is 34.8 Å². The molecule has 29 heavy (non-hydrogen) atoms. The number of aliphatic hydroxyl groups is 4. The molecule has 1 aliphatic heterocycles. The van der Waals surface area contributed by atoms with Crippen LogP contribution in [-0.4, -0.2) is 86.1 Å². The maximum Gasteiger partial charge on any atom is 0.364 e. The summed E-state index contributed by atoms with van der Waals surface area (Å²) in [6, 6.07) is 6.77. The second-order valence-electron chi connectivity index (χ2n) is 6.80. The van der Waals surface area contributed by atoms with Crippen molar-refractivity contribution in [1.29, 1.82) is 0 Å². The molecule has 0 aromatic heterocycles. The Labute approximate surface area is 165 Å². The van der Waals surface area contributed by atoms with Gasteiger partial charge in [-0.05, 0) is 12.1 Å². The van der Waals surface area contributed by atoms with Gasteiger partial charge in [0, 0.05) is 25.5 Å². The Hall–Kier alpha value is -2.57. The van der Waals surface area contributed by atoms with Crippen molar-refractivity contribution in [2.45, 2.75) is 49.6 Å². The van der Waals surface area contributed by atoms with Gasteiger partial charge in [0.2, 0.25) is 5.91 Å². The van der Waals surface area contributed by atoms with E-state index in [1.165, 1.54) is 0 Å². The Bertz CT molecular complexity index is 744. The lowest BCUT2D eigenvalue weighted by Gasteiger charge is -2.44. The maximum atomic E-state index is 12.1. The van der Waals surface area contributed by atoms with Crippen molar-refractivity contribution >= 4 is 17.8 Å². The highest BCUT2D eigenvalue weighted by molar-refractivity contribution is 5.94. The van der Waals surface area contributed by atoms with Crippen LogP contribution in [-0.2, 0) is 14.3 Å². The number of hydrogen-bond donors (Lipinski definition) is 7. The van der Waals surface area contributed by atoms with E-state index in [0.717, 1.165) is 6.92 Å². The van der Waals surface area contributed by atoms with Gasteiger partial charge < -0.3 is 40.9 Å². The lowest BCUT2D eigenvalue weighted by atomic mass is 9.88. The van der Waals surface area contributed by atoms with Crippen molar-refractivity contribution in [3.63, 3.8) is 0 Å². The van der Waals surface area contributed by atoms with Crippen LogP contribution in [0.15, 0.2) is 30.3 Å². The number of aliphatic hydroxyl groups excluding tert-OH is 3. The normalized spacial score (nSPS) is 28.8. The molecule has 6 atom stereocenters. The first-order valence-corrected chi connectivity index (χ1v) is 8.83. The predicted octanol–water partition coefficient (Wildman–Crippen LogP) is -2.43. The summed E-state index contributed by atoms with van der Waals surface area (Å²) in [5.41, 5.74) is 0.315. The number of ether oxygens (including phenoxy) is 1. The first kappa shape index (κ1) is 22.7. The summed E-state index contributed by atoms with van der Waals surface area (Å²) in [5, 5.41) is 54.8. The number of nitrogens with one attached hydrogen (secondary N) is 2. The molecule has 1 aliphatic rings. The van der Waals surface area contributed by atoms with Gasteiger partial charge in [-0.25, -0.2) is 4.79 Å². The average Bonchev–Trinajstić information content (AvgIpc) is 2.67. The van der Waals surface area contributed by atoms with E-state index in [0.29, 0.717) is 5.56 Å². The van der Waals surface area contributed by atoms with Gasteiger partial charge in [-0.3, -0.25) is 9.59 Å². The van der Waals surface area contributed by atoms with Gasteiger partial charge >= 0.3 is 5.97 Å². The van der Waals surface area contributed by atoms with Crippen molar-refractivity contribution in [1.82, 2.24) is 10.6 Å². The van der Waals surface area contributed by atoms with Gasteiger partial charge in [0.15, 0.2) is 0 Å². The molecule has 1 unspecified atom stereocenters. The van der Waals surface area contributed by atoms with Gasteiger partial charge in [0.05, 0.1) is 18.2 Å². The standard InChI is InChI=1S/C18H24N2O9/c1-9(21)20-13-11(22)7-18(28,17(26)27)29-15(13)14(24)12(23)8-19-16(25)10-5-3-2-4-6-10/h2-6,11-15,22-24,28H,7-8H2,1H3,(H,19,25)(H,20,21)(H,26,27)/t11-,12+,13+,14+,15?,18+/m0/s1. The van der Waals surface area contributed by atoms with E-state index < -0.39 is 67.0 Å². The molecule has 11 heteroatoms. The topological polar surface area (TPSA) is 186 Å². The number of carboxylic acids is 1. The fourth-order valence-electron chi connectivity index (χ4n) is 3.04. The molecule has 1 saturated heterocycles. The molecule has 2 rings (SSSR count). The third-order valence-electron chi connectivity index (χ3n) is 4.53. The highest BCUT2D eigenvalue weighted by Crippen LogP contribution is 2.30. The van der Waals surface area contributed by atoms with Crippen LogP contribution in [0.3, 0.4) is 0 Å². The van der Waals surface area contributed by atoms with Crippen LogP contribution in [0.4, 0.5) is 0 Å². The first-order valence-electron chi connectivity index (χ1n) is 8.83. The SMILES string of the molecule is CC(=O)N[C@H]1C([C@H](O)[C@H](O)CNC(=O)c2ccccc2)O[C@@](O)(C(=O)O)C[C@@H]1O. The van der Waals surface area contributed by atoms with Crippen LogP contribution in [0.25, 0.3) is 0 Å². The number of carboxylic acid groups (broad SMARTS) is 1. The second kappa shape index (κ2) is 9.29. The number of amides is 2. The first-order chi connectivity index (χ1) is 13.5. The molecular formula is C18H24N2O9. The number of carbonyl (C=O) groups excluding carboxylic acids is 2. The van der Waals surface area contributed by atoms with Gasteiger partial charge in [-0.1, -0.05) is 18.2 Å². The number of benzene rings is 1. The second-order valence-corrected chi connectivity index (χ2v) is 6.80. The van der Waals surface area contributed by atoms with E-state index in [-0.39, 0.29) is 0 Å². The van der Waals surface area contributed by atoms with Crippen molar-refractivity contribution in [2.75, 3.05) is 6.54 Å². The molecule has 1 aromatic carbocycles. The van der Waals surface area contributed by atoms with Crippen LogP contribution >= 0.6 is 0 Å². The van der Waals surface area contributed by atoms with Gasteiger partial charge in [-0.15, -0.1) is 0 Å². The Morgan fingerprint density at radius 1 is 1.24 bits per heavy atom. The van der Waals surface area contributed by atoms with Crippen LogP contribution in [0.2, 0.25) is 0 Å². The average molecular weight is 412 g/mol. The molecule has 0 saturated carbocycles. The van der Waals surface area contributed by atoms with Crippen molar-refractivity contribution < 1.29 is 44.7 Å². The van der Waals surface area contributed by atoms with Crippen molar-refractivity contribution in [2.24, 2.45) is 0 Å². The zero-order valence-electron chi connectivity index (χ0n) is 15.6. The van der Waals surface area contributed by atoms with Crippen molar-refractivity contribution in [3.8, 4) is 0 Å². The monoisotopic (exact) mass is 412 g/mol. The lowest BCUT2D eigenvalue weighted by Crippen LogP contribution is -2.67. The van der Waals surface area contributed by atoms with Crippen LogP contribution < -0.4 is 10.6 Å². The summed E-state index contributed by atoms with van der Waals surface area (Å²) in [6.07, 6.45) is -7.54. The molecule has 160 valence electrons. The number of carbonyl (C=O) groups is 3. The molecule has 0 spiro atoms. The minimum Gasteiger partial charge on any atom is -0.477 e. The van der Waals surface area contributed by atoms with E-state index >= 15 is 0 Å². The summed E-state index contributed by atoms with van der Waals surface area (Å²) in [7, 11) is 0. The largest absolute Gasteiger partial charge is 0.477 e. The molecular weight excluding hydrogens is 388 g/mol. The third kappa shape index (κ3) is 5.49. The highest BCUT2D eigenvalue weighted by atomic mass is 16.7. The summed E-state index contributed by atoms with van der Waals surface area (Å²) >= 11 is 0. The zero-order valence-corrected chi connectivity index (χ0v) is 15.6. The summed E-state index contributed by atoms with van der Waals surface area (Å²) < 4.78 is 5.05. The van der Waals surface area contributed by atoms with Gasteiger partial charge in [0.1, 0.15) is 12.2 Å². The zero-order chi connectivity index (χ0) is 21.8. The Kier molecular flexibility index (Phi) is 7.27. The molecule has 2 amide bonds. The summed E-state index contributed by atoms with van der Waals surface area (Å²) in [5.74, 6) is -5.76. The molecule has 11 nitrogen and oxygen atoms in total. The molecule has 7 N–H and O–H groups in total. The van der Waals surface area contributed by atoms with E-state index in [4.69, 9.17) is 9.84 Å². The van der Waals surface area contributed by atoms with Gasteiger partial charge in [0.25, 0.3) is 11.7 Å². The summed E-state index contributed by atoms with van der Waals surface area (Å²) in [6.45, 7) is 0.688. The predicted molar refractivity (Wildman–Crippen MR) is 96.5 cm³/mol. The molecule has 0 aliphatic carbocycles. The molecule has 1 fully saturated rings. The summed E-state index contributed by atoms with van der Waals surface area (Å²) in [4.78, 5) is 34.7. The highest BCUT2D eigenvalue weighted by Gasteiger charge is 2.53. The van der Waals surface area contributed by atoms with Crippen LogP contribution in [0, 0.1) is 0 Å². The fraction of sp³-hybridized carbons (Fsp3) is 0.500. The van der Waals surface area contributed by atoms with Crippen LogP contribution in [0.5, 0.6) is 0 Å². The Morgan fingerprint density at radius 3 is 2.41 bits per heavy atom. The van der Waals surface area contributed by atoms with Gasteiger partial charge in [-0.2, -0.15) is 0 Å². The van der Waals surface area contributed by atoms with E-state index in [1.807, 2.05) is 0 Å². The maximum absolute atomic E-state index is 12.1. The third-order valence-corrected chi connectivity index (χ3v) is 4.53. The molecule has 1 heterocycles. The van der Waals surface area contributed by atoms with E-state index in [1.54, 1.807) is 30.3 Å². The van der Waals surface area contributed by atoms with E-state index in [2.05, 4.69) is 10.6 Å². The Balaban J connectivity index is 2.12. The molecule has 1 aromatic rings. The van der Waals surface area contributed by atoms with Crippen LogP contribution in [0.1, 0.15) is 23.7 Å². The number of rotatable bonds is 7.